The average molecular weight is 556 g/mol. The van der Waals surface area contributed by atoms with Crippen LogP contribution in [0.15, 0.2) is 60.7 Å². The van der Waals surface area contributed by atoms with E-state index in [1.807, 2.05) is 89.2 Å². The van der Waals surface area contributed by atoms with E-state index in [0.29, 0.717) is 34.9 Å². The molecule has 0 spiro atoms. The van der Waals surface area contributed by atoms with Gasteiger partial charge in [0.1, 0.15) is 17.2 Å². The second-order valence-electron chi connectivity index (χ2n) is 11.3. The van der Waals surface area contributed by atoms with Gasteiger partial charge in [0.2, 0.25) is 11.8 Å². The molecule has 0 aliphatic carbocycles. The van der Waals surface area contributed by atoms with E-state index >= 15 is 0 Å². The lowest BCUT2D eigenvalue weighted by atomic mass is 9.92. The molecule has 0 unspecified atom stereocenters. The van der Waals surface area contributed by atoms with Gasteiger partial charge in [0.25, 0.3) is 0 Å². The van der Waals surface area contributed by atoms with E-state index in [2.05, 4.69) is 5.32 Å². The van der Waals surface area contributed by atoms with E-state index in [1.54, 1.807) is 25.0 Å². The van der Waals surface area contributed by atoms with E-state index in [4.69, 9.17) is 19.3 Å². The molecule has 1 N–H and O–H groups in total. The molecule has 3 aromatic carbocycles. The second-order valence-corrected chi connectivity index (χ2v) is 11.3. The molecular formula is C33H37N3O5. The SMILES string of the molecule is COc1cc(OC)cc(-c2nn(-c3cc(C)ccc3C)c(OC(C)=O)c2-c2ccc(NC(=O)CC(C)(C)C)cc2)c1. The number of carbonyl (C=O) groups is 2. The van der Waals surface area contributed by atoms with Crippen LogP contribution in [0.4, 0.5) is 5.69 Å². The minimum absolute atomic E-state index is 0.0576. The third-order valence-corrected chi connectivity index (χ3v) is 6.45. The molecule has 8 heteroatoms. The van der Waals surface area contributed by atoms with Crippen molar-refractivity contribution in [3.8, 4) is 45.5 Å². The summed E-state index contributed by atoms with van der Waals surface area (Å²) in [5.41, 5.74) is 5.99. The summed E-state index contributed by atoms with van der Waals surface area (Å²) in [6, 6.07) is 19.0. The van der Waals surface area contributed by atoms with Crippen molar-refractivity contribution < 1.29 is 23.8 Å². The van der Waals surface area contributed by atoms with Gasteiger partial charge in [0.05, 0.1) is 25.5 Å². The maximum Gasteiger partial charge on any atom is 0.309 e. The topological polar surface area (TPSA) is 91.7 Å². The van der Waals surface area contributed by atoms with Gasteiger partial charge in [-0.05, 0) is 66.3 Å². The summed E-state index contributed by atoms with van der Waals surface area (Å²) in [5, 5.41) is 7.97. The fraction of sp³-hybridized carbons (Fsp3) is 0.303. The standard InChI is InChI=1S/C33H37N3O5/c1-20-9-10-21(2)28(15-20)36-32(41-22(3)37)30(31(35-36)24-16-26(39-7)18-27(17-24)40-8)23-11-13-25(14-12-23)34-29(38)19-33(4,5)6/h9-18H,19H2,1-8H3,(H,34,38). The van der Waals surface area contributed by atoms with E-state index in [0.717, 1.165) is 27.9 Å². The van der Waals surface area contributed by atoms with Crippen molar-refractivity contribution in [2.45, 2.75) is 48.0 Å². The average Bonchev–Trinajstić information content (AvgIpc) is 3.27. The summed E-state index contributed by atoms with van der Waals surface area (Å²) >= 11 is 0. The van der Waals surface area contributed by atoms with Crippen LogP contribution >= 0.6 is 0 Å². The molecular weight excluding hydrogens is 518 g/mol. The lowest BCUT2D eigenvalue weighted by Crippen LogP contribution is -2.19. The first-order valence-electron chi connectivity index (χ1n) is 13.4. The smallest absolute Gasteiger partial charge is 0.309 e. The Bertz CT molecular complexity index is 1560. The minimum Gasteiger partial charge on any atom is -0.497 e. The lowest BCUT2D eigenvalue weighted by molar-refractivity contribution is -0.132. The maximum absolute atomic E-state index is 12.5. The van der Waals surface area contributed by atoms with E-state index in [-0.39, 0.29) is 17.2 Å². The fourth-order valence-electron chi connectivity index (χ4n) is 4.56. The summed E-state index contributed by atoms with van der Waals surface area (Å²) in [4.78, 5) is 24.9. The van der Waals surface area contributed by atoms with E-state index in [1.165, 1.54) is 6.92 Å². The largest absolute Gasteiger partial charge is 0.497 e. The maximum atomic E-state index is 12.5. The van der Waals surface area contributed by atoms with Gasteiger partial charge in [0, 0.05) is 30.7 Å². The van der Waals surface area contributed by atoms with Crippen LogP contribution in [0.2, 0.25) is 0 Å². The zero-order valence-electron chi connectivity index (χ0n) is 24.9. The van der Waals surface area contributed by atoms with Gasteiger partial charge in [-0.2, -0.15) is 9.78 Å². The van der Waals surface area contributed by atoms with Gasteiger partial charge in [-0.1, -0.05) is 45.0 Å². The van der Waals surface area contributed by atoms with Gasteiger partial charge >= 0.3 is 5.97 Å². The highest BCUT2D eigenvalue weighted by atomic mass is 16.5. The predicted molar refractivity (Wildman–Crippen MR) is 161 cm³/mol. The van der Waals surface area contributed by atoms with Crippen molar-refractivity contribution in [1.82, 2.24) is 9.78 Å². The third kappa shape index (κ3) is 6.95. The van der Waals surface area contributed by atoms with Crippen LogP contribution in [0.5, 0.6) is 17.4 Å². The Morgan fingerprint density at radius 1 is 0.878 bits per heavy atom. The summed E-state index contributed by atoms with van der Waals surface area (Å²) in [6.07, 6.45) is 0.399. The number of nitrogens with zero attached hydrogens (tertiary/aromatic N) is 2. The number of esters is 1. The Morgan fingerprint density at radius 3 is 2.07 bits per heavy atom. The Balaban J connectivity index is 1.94. The molecule has 8 nitrogen and oxygen atoms in total. The number of carbonyl (C=O) groups excluding carboxylic acids is 2. The summed E-state index contributed by atoms with van der Waals surface area (Å²) in [5.74, 6) is 0.943. The van der Waals surface area contributed by atoms with E-state index < -0.39 is 5.97 Å². The predicted octanol–water partition coefficient (Wildman–Crippen LogP) is 7.14. The molecule has 0 aliphatic heterocycles. The van der Waals surface area contributed by atoms with Crippen molar-refractivity contribution in [2.75, 3.05) is 19.5 Å². The molecule has 41 heavy (non-hydrogen) atoms. The molecule has 0 fully saturated rings. The Morgan fingerprint density at radius 2 is 1.51 bits per heavy atom. The fourth-order valence-corrected chi connectivity index (χ4v) is 4.56. The van der Waals surface area contributed by atoms with Crippen LogP contribution in [0, 0.1) is 19.3 Å². The Kier molecular flexibility index (Phi) is 8.52. The van der Waals surface area contributed by atoms with Crippen LogP contribution < -0.4 is 19.5 Å². The molecule has 0 atom stereocenters. The number of aromatic nitrogens is 2. The van der Waals surface area contributed by atoms with Gasteiger partial charge in [-0.3, -0.25) is 9.59 Å². The molecule has 1 heterocycles. The summed E-state index contributed by atoms with van der Waals surface area (Å²) in [6.45, 7) is 11.4. The lowest BCUT2D eigenvalue weighted by Gasteiger charge is -2.17. The molecule has 0 saturated heterocycles. The first-order valence-corrected chi connectivity index (χ1v) is 13.4. The van der Waals surface area contributed by atoms with Gasteiger partial charge in [-0.25, -0.2) is 0 Å². The minimum atomic E-state index is -0.474. The second kappa shape index (κ2) is 11.9. The van der Waals surface area contributed by atoms with Crippen LogP contribution in [-0.4, -0.2) is 35.9 Å². The number of hydrogen-bond donors (Lipinski definition) is 1. The molecule has 1 aromatic heterocycles. The number of hydrogen-bond acceptors (Lipinski definition) is 6. The van der Waals surface area contributed by atoms with Crippen molar-refractivity contribution in [2.24, 2.45) is 5.41 Å². The van der Waals surface area contributed by atoms with Crippen LogP contribution in [0.3, 0.4) is 0 Å². The molecule has 4 rings (SSSR count). The number of amides is 1. The van der Waals surface area contributed by atoms with Crippen molar-refractivity contribution >= 4 is 17.6 Å². The highest BCUT2D eigenvalue weighted by molar-refractivity contribution is 5.92. The van der Waals surface area contributed by atoms with Crippen molar-refractivity contribution in [3.63, 3.8) is 0 Å². The Hall–Kier alpha value is -4.59. The number of ether oxygens (including phenoxy) is 3. The molecule has 0 bridgehead atoms. The van der Waals surface area contributed by atoms with Crippen LogP contribution in [0.1, 0.15) is 45.2 Å². The van der Waals surface area contributed by atoms with Crippen molar-refractivity contribution in [3.05, 3.63) is 71.8 Å². The first kappa shape index (κ1) is 29.4. The van der Waals surface area contributed by atoms with Gasteiger partial charge in [-0.15, -0.1) is 0 Å². The van der Waals surface area contributed by atoms with Gasteiger partial charge < -0.3 is 19.5 Å². The zero-order valence-corrected chi connectivity index (χ0v) is 24.9. The first-order chi connectivity index (χ1) is 19.4. The van der Waals surface area contributed by atoms with Crippen molar-refractivity contribution in [1.29, 1.82) is 0 Å². The third-order valence-electron chi connectivity index (χ3n) is 6.45. The molecule has 0 radical (unpaired) electrons. The molecule has 4 aromatic rings. The summed E-state index contributed by atoms with van der Waals surface area (Å²) in [7, 11) is 3.18. The Labute approximate surface area is 241 Å². The zero-order chi connectivity index (χ0) is 29.9. The number of methoxy groups -OCH3 is 2. The highest BCUT2D eigenvalue weighted by Gasteiger charge is 2.26. The number of anilines is 1. The highest BCUT2D eigenvalue weighted by Crippen LogP contribution is 2.43. The van der Waals surface area contributed by atoms with E-state index in [9.17, 15) is 9.59 Å². The van der Waals surface area contributed by atoms with Gasteiger partial charge in [0.15, 0.2) is 0 Å². The normalized spacial score (nSPS) is 11.2. The van der Waals surface area contributed by atoms with Crippen LogP contribution in [0.25, 0.3) is 28.1 Å². The quantitative estimate of drug-likeness (QED) is 0.232. The monoisotopic (exact) mass is 555 g/mol. The molecule has 214 valence electrons. The number of aryl methyl sites for hydroxylation is 2. The number of rotatable bonds is 8. The van der Waals surface area contributed by atoms with Crippen LogP contribution in [-0.2, 0) is 9.59 Å². The molecule has 1 amide bonds. The number of nitrogens with one attached hydrogen (secondary N) is 1. The number of benzene rings is 3. The summed E-state index contributed by atoms with van der Waals surface area (Å²) < 4.78 is 18.6. The molecule has 0 saturated carbocycles. The molecule has 0 aliphatic rings.